The molecule has 116 valence electrons. The van der Waals surface area contributed by atoms with Gasteiger partial charge in [-0.25, -0.2) is 0 Å². The third kappa shape index (κ3) is 3.49. The van der Waals surface area contributed by atoms with Gasteiger partial charge in [0, 0.05) is 13.6 Å². The average Bonchev–Trinajstić information content (AvgIpc) is 2.43. The molecule has 0 unspecified atom stereocenters. The number of methoxy groups -OCH3 is 2. The molecule has 0 aliphatic heterocycles. The highest BCUT2D eigenvalue weighted by molar-refractivity contribution is 9.10. The van der Waals surface area contributed by atoms with Crippen LogP contribution in [0.3, 0.4) is 0 Å². The molecule has 1 amide bonds. The summed E-state index contributed by atoms with van der Waals surface area (Å²) in [5, 5.41) is 9.33. The van der Waals surface area contributed by atoms with Gasteiger partial charge in [-0.2, -0.15) is 0 Å². The Morgan fingerprint density at radius 3 is 2.57 bits per heavy atom. The highest BCUT2D eigenvalue weighted by atomic mass is 79.9. The third-order valence-electron chi connectivity index (χ3n) is 3.78. The van der Waals surface area contributed by atoms with E-state index in [1.165, 1.54) is 7.11 Å². The fraction of sp³-hybridized carbons (Fsp3) is 0.533. The largest absolute Gasteiger partial charge is 0.497 e. The highest BCUT2D eigenvalue weighted by Gasteiger charge is 2.30. The number of halogens is 1. The summed E-state index contributed by atoms with van der Waals surface area (Å²) in [6.07, 6.45) is 1.31. The minimum Gasteiger partial charge on any atom is -0.497 e. The van der Waals surface area contributed by atoms with Crippen LogP contribution in [0.1, 0.15) is 23.2 Å². The Balaban J connectivity index is 2.18. The molecular formula is C15H20BrNO4. The lowest BCUT2D eigenvalue weighted by Crippen LogP contribution is -2.39. The van der Waals surface area contributed by atoms with Crippen LogP contribution in [0.5, 0.6) is 11.5 Å². The van der Waals surface area contributed by atoms with Crippen molar-refractivity contribution in [1.82, 2.24) is 4.90 Å². The van der Waals surface area contributed by atoms with Gasteiger partial charge in [-0.05, 0) is 46.8 Å². The second kappa shape index (κ2) is 6.66. The number of amides is 1. The average molecular weight is 358 g/mol. The molecule has 2 rings (SSSR count). The molecular weight excluding hydrogens is 338 g/mol. The topological polar surface area (TPSA) is 59.0 Å². The van der Waals surface area contributed by atoms with Crippen molar-refractivity contribution in [2.75, 3.05) is 27.8 Å². The number of aliphatic hydroxyl groups excluding tert-OH is 1. The van der Waals surface area contributed by atoms with Crippen molar-refractivity contribution in [2.24, 2.45) is 5.92 Å². The smallest absolute Gasteiger partial charge is 0.257 e. The van der Waals surface area contributed by atoms with Gasteiger partial charge >= 0.3 is 0 Å². The summed E-state index contributed by atoms with van der Waals surface area (Å²) in [7, 11) is 4.85. The number of carbonyl (C=O) groups is 1. The lowest BCUT2D eigenvalue weighted by molar-refractivity contribution is 0.0264. The highest BCUT2D eigenvalue weighted by Crippen LogP contribution is 2.35. The molecule has 1 saturated carbocycles. The summed E-state index contributed by atoms with van der Waals surface area (Å²) < 4.78 is 11.2. The second-order valence-electron chi connectivity index (χ2n) is 5.37. The zero-order valence-electron chi connectivity index (χ0n) is 12.4. The zero-order chi connectivity index (χ0) is 15.6. The van der Waals surface area contributed by atoms with Crippen molar-refractivity contribution in [3.8, 4) is 11.5 Å². The van der Waals surface area contributed by atoms with Gasteiger partial charge < -0.3 is 19.5 Å². The number of hydrogen-bond donors (Lipinski definition) is 1. The Morgan fingerprint density at radius 2 is 2.05 bits per heavy atom. The zero-order valence-corrected chi connectivity index (χ0v) is 14.0. The first-order valence-corrected chi connectivity index (χ1v) is 7.60. The predicted octanol–water partition coefficient (Wildman–Crippen LogP) is 2.31. The van der Waals surface area contributed by atoms with Gasteiger partial charge in [-0.15, -0.1) is 0 Å². The summed E-state index contributed by atoms with van der Waals surface area (Å²) in [6, 6.07) is 3.44. The van der Waals surface area contributed by atoms with E-state index in [1.807, 2.05) is 0 Å². The van der Waals surface area contributed by atoms with Crippen LogP contribution >= 0.6 is 15.9 Å². The molecule has 0 heterocycles. The molecule has 1 aliphatic rings. The Morgan fingerprint density at radius 1 is 1.38 bits per heavy atom. The van der Waals surface area contributed by atoms with Gasteiger partial charge in [0.1, 0.15) is 11.5 Å². The van der Waals surface area contributed by atoms with Crippen LogP contribution in [-0.2, 0) is 0 Å². The van der Waals surface area contributed by atoms with Gasteiger partial charge in [0.2, 0.25) is 0 Å². The number of nitrogens with zero attached hydrogens (tertiary/aromatic N) is 1. The van der Waals surface area contributed by atoms with E-state index < -0.39 is 0 Å². The second-order valence-corrected chi connectivity index (χ2v) is 6.22. The Hall–Kier alpha value is -1.27. The Kier molecular flexibility index (Phi) is 5.11. The van der Waals surface area contributed by atoms with Crippen LogP contribution in [0.4, 0.5) is 0 Å². The molecule has 0 saturated heterocycles. The summed E-state index contributed by atoms with van der Waals surface area (Å²) in [5.74, 6) is 1.35. The number of ether oxygens (including phenoxy) is 2. The van der Waals surface area contributed by atoms with Crippen LogP contribution < -0.4 is 9.47 Å². The maximum atomic E-state index is 12.6. The lowest BCUT2D eigenvalue weighted by atomic mass is 9.82. The Bertz CT molecular complexity index is 529. The summed E-state index contributed by atoms with van der Waals surface area (Å²) in [4.78, 5) is 14.3. The quantitative estimate of drug-likeness (QED) is 0.878. The van der Waals surface area contributed by atoms with E-state index in [2.05, 4.69) is 15.9 Å². The van der Waals surface area contributed by atoms with E-state index in [-0.39, 0.29) is 12.0 Å². The molecule has 0 radical (unpaired) electrons. The third-order valence-corrected chi connectivity index (χ3v) is 4.37. The van der Waals surface area contributed by atoms with Crippen molar-refractivity contribution in [2.45, 2.75) is 18.9 Å². The van der Waals surface area contributed by atoms with Crippen LogP contribution in [0, 0.1) is 5.92 Å². The van der Waals surface area contributed by atoms with Gasteiger partial charge in [0.15, 0.2) is 0 Å². The van der Waals surface area contributed by atoms with Gasteiger partial charge in [-0.3, -0.25) is 4.79 Å². The normalized spacial score (nSPS) is 20.6. The fourth-order valence-corrected chi connectivity index (χ4v) is 3.18. The number of aliphatic hydroxyl groups is 1. The fourth-order valence-electron chi connectivity index (χ4n) is 2.58. The standard InChI is InChI=1S/C15H20BrNO4/c1-17(8-9-4-10(18)5-9)15(19)12-6-11(20-2)7-13(16)14(12)21-3/h6-7,9-10,18H,4-5,8H2,1-3H3. The summed E-state index contributed by atoms with van der Waals surface area (Å²) >= 11 is 3.39. The van der Waals surface area contributed by atoms with E-state index in [9.17, 15) is 9.90 Å². The molecule has 0 atom stereocenters. The predicted molar refractivity (Wildman–Crippen MR) is 82.9 cm³/mol. The molecule has 1 N–H and O–H groups in total. The molecule has 1 aromatic rings. The molecule has 1 aromatic carbocycles. The first-order valence-electron chi connectivity index (χ1n) is 6.81. The number of rotatable bonds is 5. The SMILES string of the molecule is COc1cc(Br)c(OC)c(C(=O)N(C)CC2CC(O)C2)c1. The maximum Gasteiger partial charge on any atom is 0.257 e. The van der Waals surface area contributed by atoms with Crippen LogP contribution in [0.25, 0.3) is 0 Å². The number of hydrogen-bond acceptors (Lipinski definition) is 4. The van der Waals surface area contributed by atoms with Crippen molar-refractivity contribution < 1.29 is 19.4 Å². The monoisotopic (exact) mass is 357 g/mol. The van der Waals surface area contributed by atoms with Crippen molar-refractivity contribution in [3.05, 3.63) is 22.2 Å². The van der Waals surface area contributed by atoms with E-state index in [1.54, 1.807) is 31.2 Å². The number of carbonyl (C=O) groups excluding carboxylic acids is 1. The van der Waals surface area contributed by atoms with Crippen molar-refractivity contribution in [3.63, 3.8) is 0 Å². The van der Waals surface area contributed by atoms with Gasteiger partial charge in [0.05, 0.1) is 30.4 Å². The minimum atomic E-state index is -0.209. The molecule has 0 bridgehead atoms. The van der Waals surface area contributed by atoms with Gasteiger partial charge in [-0.1, -0.05) is 0 Å². The molecule has 21 heavy (non-hydrogen) atoms. The Labute approximate surface area is 133 Å². The van der Waals surface area contributed by atoms with Gasteiger partial charge in [0.25, 0.3) is 5.91 Å². The van der Waals surface area contributed by atoms with Crippen LogP contribution in [-0.4, -0.2) is 49.8 Å². The molecule has 5 nitrogen and oxygen atoms in total. The first kappa shape index (κ1) is 16.1. The van der Waals surface area contributed by atoms with E-state index in [0.29, 0.717) is 34.0 Å². The maximum absolute atomic E-state index is 12.6. The molecule has 1 fully saturated rings. The first-order chi connectivity index (χ1) is 9.96. The molecule has 6 heteroatoms. The van der Waals surface area contributed by atoms with E-state index in [0.717, 1.165) is 12.8 Å². The summed E-state index contributed by atoms with van der Waals surface area (Å²) in [5.41, 5.74) is 0.464. The van der Waals surface area contributed by atoms with Crippen molar-refractivity contribution >= 4 is 21.8 Å². The van der Waals surface area contributed by atoms with Crippen LogP contribution in [0.2, 0.25) is 0 Å². The number of benzene rings is 1. The lowest BCUT2D eigenvalue weighted by Gasteiger charge is -2.34. The van der Waals surface area contributed by atoms with E-state index in [4.69, 9.17) is 9.47 Å². The molecule has 0 spiro atoms. The molecule has 1 aliphatic carbocycles. The van der Waals surface area contributed by atoms with E-state index >= 15 is 0 Å². The van der Waals surface area contributed by atoms with Crippen molar-refractivity contribution in [1.29, 1.82) is 0 Å². The summed E-state index contributed by atoms with van der Waals surface area (Å²) in [6.45, 7) is 0.633. The minimum absolute atomic E-state index is 0.118. The molecule has 0 aromatic heterocycles. The van der Waals surface area contributed by atoms with Crippen LogP contribution in [0.15, 0.2) is 16.6 Å².